The van der Waals surface area contributed by atoms with Gasteiger partial charge in [0.1, 0.15) is 11.5 Å². The minimum Gasteiger partial charge on any atom is -0.507 e. The average Bonchev–Trinajstić information content (AvgIpc) is 3.00. The Bertz CT molecular complexity index is 733. The molecule has 0 aliphatic carbocycles. The first-order valence-corrected chi connectivity index (χ1v) is 5.90. The van der Waals surface area contributed by atoms with E-state index < -0.39 is 0 Å². The summed E-state index contributed by atoms with van der Waals surface area (Å²) in [6, 6.07) is 6.38. The summed E-state index contributed by atoms with van der Waals surface area (Å²) in [5.41, 5.74) is 1.14. The van der Waals surface area contributed by atoms with E-state index >= 15 is 0 Å². The van der Waals surface area contributed by atoms with Crippen LogP contribution >= 0.6 is 11.6 Å². The number of rotatable bonds is 2. The van der Waals surface area contributed by atoms with Gasteiger partial charge in [-0.1, -0.05) is 16.8 Å². The standard InChI is InChI=1S/C13H9ClN2O3/c1-7-9(4-5-18-7)12-15-13(19-16-12)10-6-8(14)2-3-11(10)17/h2-6,17H,1H3. The van der Waals surface area contributed by atoms with Gasteiger partial charge in [-0.2, -0.15) is 4.98 Å². The third kappa shape index (κ3) is 2.08. The first-order chi connectivity index (χ1) is 9.15. The molecule has 0 saturated heterocycles. The van der Waals surface area contributed by atoms with Crippen LogP contribution in [-0.2, 0) is 0 Å². The van der Waals surface area contributed by atoms with Gasteiger partial charge in [0.05, 0.1) is 17.4 Å². The summed E-state index contributed by atoms with van der Waals surface area (Å²) in [5.74, 6) is 1.34. The topological polar surface area (TPSA) is 72.3 Å². The zero-order valence-corrected chi connectivity index (χ0v) is 10.7. The number of phenols is 1. The number of aromatic hydroxyl groups is 1. The molecule has 3 aromatic rings. The summed E-state index contributed by atoms with van der Waals surface area (Å²) in [6.07, 6.45) is 1.55. The van der Waals surface area contributed by atoms with Crippen LogP contribution in [0.2, 0.25) is 5.02 Å². The predicted octanol–water partition coefficient (Wildman–Crippen LogP) is 3.66. The molecule has 0 spiro atoms. The van der Waals surface area contributed by atoms with Gasteiger partial charge in [-0.25, -0.2) is 0 Å². The molecule has 2 heterocycles. The first kappa shape index (κ1) is 11.8. The highest BCUT2D eigenvalue weighted by Crippen LogP contribution is 2.32. The molecule has 0 unspecified atom stereocenters. The van der Waals surface area contributed by atoms with Gasteiger partial charge in [-0.3, -0.25) is 0 Å². The van der Waals surface area contributed by atoms with E-state index in [9.17, 15) is 5.11 Å². The van der Waals surface area contributed by atoms with Crippen LogP contribution in [0.25, 0.3) is 22.8 Å². The van der Waals surface area contributed by atoms with Crippen LogP contribution in [0.4, 0.5) is 0 Å². The van der Waals surface area contributed by atoms with Gasteiger partial charge in [0, 0.05) is 5.02 Å². The fraction of sp³-hybridized carbons (Fsp3) is 0.0769. The van der Waals surface area contributed by atoms with E-state index in [1.807, 2.05) is 6.92 Å². The highest BCUT2D eigenvalue weighted by atomic mass is 35.5. The van der Waals surface area contributed by atoms with Gasteiger partial charge in [-0.05, 0) is 31.2 Å². The Morgan fingerprint density at radius 2 is 2.05 bits per heavy atom. The van der Waals surface area contributed by atoms with Crippen LogP contribution in [0.1, 0.15) is 5.76 Å². The molecule has 0 amide bonds. The number of furan rings is 1. The molecule has 0 fully saturated rings. The van der Waals surface area contributed by atoms with Gasteiger partial charge >= 0.3 is 0 Å². The zero-order valence-electron chi connectivity index (χ0n) is 9.92. The molecule has 5 nitrogen and oxygen atoms in total. The maximum absolute atomic E-state index is 9.78. The van der Waals surface area contributed by atoms with Gasteiger partial charge in [0.25, 0.3) is 5.89 Å². The molecule has 1 N–H and O–H groups in total. The Morgan fingerprint density at radius 3 is 2.79 bits per heavy atom. The van der Waals surface area contributed by atoms with Crippen molar-refractivity contribution in [1.29, 1.82) is 0 Å². The number of aromatic nitrogens is 2. The Morgan fingerprint density at radius 1 is 1.21 bits per heavy atom. The maximum atomic E-state index is 9.78. The van der Waals surface area contributed by atoms with E-state index in [1.54, 1.807) is 24.5 Å². The van der Waals surface area contributed by atoms with E-state index in [0.29, 0.717) is 22.2 Å². The predicted molar refractivity (Wildman–Crippen MR) is 68.8 cm³/mol. The Kier molecular flexibility index (Phi) is 2.76. The molecule has 3 rings (SSSR count). The van der Waals surface area contributed by atoms with Crippen molar-refractivity contribution in [2.45, 2.75) is 6.92 Å². The summed E-state index contributed by atoms with van der Waals surface area (Å²) >= 11 is 5.88. The molecule has 0 atom stereocenters. The molecule has 0 aliphatic heterocycles. The minimum absolute atomic E-state index is 0.0310. The van der Waals surface area contributed by atoms with Crippen molar-refractivity contribution in [3.05, 3.63) is 41.3 Å². The number of hydrogen-bond donors (Lipinski definition) is 1. The lowest BCUT2D eigenvalue weighted by atomic mass is 10.2. The van der Waals surface area contributed by atoms with Crippen LogP contribution in [0.3, 0.4) is 0 Å². The van der Waals surface area contributed by atoms with Crippen molar-refractivity contribution < 1.29 is 14.0 Å². The molecule has 0 bridgehead atoms. The summed E-state index contributed by atoms with van der Waals surface area (Å²) in [6.45, 7) is 1.81. The average molecular weight is 277 g/mol. The third-order valence-corrected chi connectivity index (χ3v) is 2.95. The number of hydrogen-bond acceptors (Lipinski definition) is 5. The number of nitrogens with zero attached hydrogens (tertiary/aromatic N) is 2. The molecule has 6 heteroatoms. The van der Waals surface area contributed by atoms with Crippen molar-refractivity contribution in [1.82, 2.24) is 10.1 Å². The number of phenolic OH excluding ortho intramolecular Hbond substituents is 1. The van der Waals surface area contributed by atoms with E-state index in [2.05, 4.69) is 10.1 Å². The fourth-order valence-electron chi connectivity index (χ4n) is 1.74. The lowest BCUT2D eigenvalue weighted by molar-refractivity contribution is 0.425. The third-order valence-electron chi connectivity index (χ3n) is 2.71. The number of halogens is 1. The van der Waals surface area contributed by atoms with Crippen molar-refractivity contribution in [3.8, 4) is 28.6 Å². The van der Waals surface area contributed by atoms with E-state index in [0.717, 1.165) is 5.56 Å². The lowest BCUT2D eigenvalue weighted by Gasteiger charge is -1.98. The molecule has 0 radical (unpaired) electrons. The summed E-state index contributed by atoms with van der Waals surface area (Å²) in [7, 11) is 0. The number of benzene rings is 1. The molecule has 1 aromatic carbocycles. The minimum atomic E-state index is 0.0310. The van der Waals surface area contributed by atoms with Crippen LogP contribution < -0.4 is 0 Å². The van der Waals surface area contributed by atoms with Crippen molar-refractivity contribution in [3.63, 3.8) is 0 Å². The molecule has 0 saturated carbocycles. The second kappa shape index (κ2) is 4.44. The Hall–Kier alpha value is -2.27. The number of aryl methyl sites for hydroxylation is 1. The van der Waals surface area contributed by atoms with E-state index in [4.69, 9.17) is 20.5 Å². The van der Waals surface area contributed by atoms with Crippen LogP contribution in [0, 0.1) is 6.92 Å². The summed E-state index contributed by atoms with van der Waals surface area (Å²) in [5, 5.41) is 14.1. The Labute approximate surface area is 113 Å². The maximum Gasteiger partial charge on any atom is 0.262 e. The molecule has 2 aromatic heterocycles. The van der Waals surface area contributed by atoms with Crippen LogP contribution in [0.5, 0.6) is 5.75 Å². The van der Waals surface area contributed by atoms with Gasteiger partial charge in [0.15, 0.2) is 0 Å². The first-order valence-electron chi connectivity index (χ1n) is 5.52. The molecular weight excluding hydrogens is 268 g/mol. The van der Waals surface area contributed by atoms with Crippen molar-refractivity contribution in [2.24, 2.45) is 0 Å². The normalized spacial score (nSPS) is 10.8. The molecule has 96 valence electrons. The van der Waals surface area contributed by atoms with Crippen LogP contribution in [-0.4, -0.2) is 15.2 Å². The summed E-state index contributed by atoms with van der Waals surface area (Å²) < 4.78 is 10.3. The second-order valence-electron chi connectivity index (χ2n) is 3.98. The lowest BCUT2D eigenvalue weighted by Crippen LogP contribution is -1.82. The second-order valence-corrected chi connectivity index (χ2v) is 4.41. The van der Waals surface area contributed by atoms with Crippen molar-refractivity contribution in [2.75, 3.05) is 0 Å². The summed E-state index contributed by atoms with van der Waals surface area (Å²) in [4.78, 5) is 4.23. The van der Waals surface area contributed by atoms with Gasteiger partial charge in [0.2, 0.25) is 5.82 Å². The van der Waals surface area contributed by atoms with Crippen LogP contribution in [0.15, 0.2) is 39.5 Å². The SMILES string of the molecule is Cc1occc1-c1noc(-c2cc(Cl)ccc2O)n1. The smallest absolute Gasteiger partial charge is 0.262 e. The van der Waals surface area contributed by atoms with Crippen molar-refractivity contribution >= 4 is 11.6 Å². The Balaban J connectivity index is 2.06. The highest BCUT2D eigenvalue weighted by Gasteiger charge is 2.16. The molecular formula is C13H9ClN2O3. The molecule has 19 heavy (non-hydrogen) atoms. The van der Waals surface area contributed by atoms with E-state index in [1.165, 1.54) is 6.07 Å². The zero-order chi connectivity index (χ0) is 13.4. The van der Waals surface area contributed by atoms with Gasteiger partial charge in [-0.15, -0.1) is 0 Å². The molecule has 0 aliphatic rings. The van der Waals surface area contributed by atoms with E-state index in [-0.39, 0.29) is 11.6 Å². The quantitative estimate of drug-likeness (QED) is 0.773. The van der Waals surface area contributed by atoms with Gasteiger partial charge < -0.3 is 14.0 Å². The fourth-order valence-corrected chi connectivity index (χ4v) is 1.91. The largest absolute Gasteiger partial charge is 0.507 e. The highest BCUT2D eigenvalue weighted by molar-refractivity contribution is 6.30. The monoisotopic (exact) mass is 276 g/mol.